The first-order chi connectivity index (χ1) is 12.0. The van der Waals surface area contributed by atoms with Crippen LogP contribution in [0, 0.1) is 19.7 Å². The summed E-state index contributed by atoms with van der Waals surface area (Å²) < 4.78 is 13.4. The molecule has 4 nitrogen and oxygen atoms in total. The highest BCUT2D eigenvalue weighted by Crippen LogP contribution is 2.23. The van der Waals surface area contributed by atoms with E-state index in [4.69, 9.17) is 0 Å². The number of hydrogen-bond acceptors (Lipinski definition) is 2. The predicted molar refractivity (Wildman–Crippen MR) is 95.0 cm³/mol. The van der Waals surface area contributed by atoms with Crippen LogP contribution in [0.5, 0.6) is 0 Å². The minimum Gasteiger partial charge on any atom is -0.327 e. The number of likely N-dealkylation sites (tertiary alicyclic amines) is 1. The number of anilines is 1. The number of amides is 2. The zero-order valence-electron chi connectivity index (χ0n) is 14.4. The molecule has 2 amide bonds. The van der Waals surface area contributed by atoms with E-state index in [0.717, 1.165) is 23.2 Å². The normalized spacial score (nSPS) is 16.8. The molecular weight excluding hydrogens is 319 g/mol. The number of carbonyl (C=O) groups is 2. The molecule has 3 rings (SSSR count). The lowest BCUT2D eigenvalue weighted by Crippen LogP contribution is -2.43. The molecular formula is C20H21FN2O2. The monoisotopic (exact) mass is 340 g/mol. The van der Waals surface area contributed by atoms with E-state index < -0.39 is 11.9 Å². The maximum atomic E-state index is 13.4. The van der Waals surface area contributed by atoms with Gasteiger partial charge in [-0.15, -0.1) is 0 Å². The minimum atomic E-state index is -0.532. The zero-order chi connectivity index (χ0) is 18.0. The van der Waals surface area contributed by atoms with E-state index in [0.29, 0.717) is 13.0 Å². The predicted octanol–water partition coefficient (Wildman–Crippen LogP) is 3.69. The summed E-state index contributed by atoms with van der Waals surface area (Å²) in [5, 5.41) is 2.93. The molecule has 1 atom stereocenters. The van der Waals surface area contributed by atoms with Crippen molar-refractivity contribution in [1.29, 1.82) is 0 Å². The van der Waals surface area contributed by atoms with Crippen LogP contribution in [0.25, 0.3) is 0 Å². The van der Waals surface area contributed by atoms with E-state index in [1.807, 2.05) is 32.0 Å². The maximum Gasteiger partial charge on any atom is 0.254 e. The quantitative estimate of drug-likeness (QED) is 0.926. The van der Waals surface area contributed by atoms with Crippen LogP contribution in [0.3, 0.4) is 0 Å². The molecule has 0 spiro atoms. The fourth-order valence-electron chi connectivity index (χ4n) is 3.16. The van der Waals surface area contributed by atoms with Crippen LogP contribution in [0.4, 0.5) is 10.1 Å². The third-order valence-corrected chi connectivity index (χ3v) is 4.54. The number of hydrogen-bond donors (Lipinski definition) is 1. The van der Waals surface area contributed by atoms with Crippen molar-refractivity contribution in [1.82, 2.24) is 4.90 Å². The number of nitrogens with one attached hydrogen (secondary N) is 1. The first-order valence-corrected chi connectivity index (χ1v) is 8.40. The number of halogens is 1. The Hall–Kier alpha value is -2.69. The molecule has 1 unspecified atom stereocenters. The molecule has 0 aromatic heterocycles. The lowest BCUT2D eigenvalue weighted by atomic mass is 10.1. The Labute approximate surface area is 146 Å². The Bertz CT molecular complexity index is 819. The Morgan fingerprint density at radius 1 is 1.16 bits per heavy atom. The van der Waals surface area contributed by atoms with Crippen molar-refractivity contribution < 1.29 is 14.0 Å². The Balaban J connectivity index is 1.78. The Morgan fingerprint density at radius 2 is 1.96 bits per heavy atom. The number of carbonyl (C=O) groups excluding carboxylic acids is 2. The van der Waals surface area contributed by atoms with Crippen molar-refractivity contribution in [3.05, 3.63) is 65.0 Å². The van der Waals surface area contributed by atoms with Gasteiger partial charge in [0, 0.05) is 17.8 Å². The molecule has 1 fully saturated rings. The molecule has 0 aliphatic carbocycles. The first-order valence-electron chi connectivity index (χ1n) is 8.40. The second-order valence-corrected chi connectivity index (χ2v) is 6.47. The topological polar surface area (TPSA) is 49.4 Å². The fourth-order valence-corrected chi connectivity index (χ4v) is 3.16. The zero-order valence-corrected chi connectivity index (χ0v) is 14.4. The van der Waals surface area contributed by atoms with Gasteiger partial charge in [-0.25, -0.2) is 4.39 Å². The highest BCUT2D eigenvalue weighted by molar-refractivity contribution is 6.01. The van der Waals surface area contributed by atoms with Gasteiger partial charge in [0.2, 0.25) is 5.91 Å². The molecule has 2 aromatic carbocycles. The van der Waals surface area contributed by atoms with Gasteiger partial charge >= 0.3 is 0 Å². The lowest BCUT2D eigenvalue weighted by Gasteiger charge is -2.24. The molecule has 0 bridgehead atoms. The van der Waals surface area contributed by atoms with E-state index in [-0.39, 0.29) is 17.4 Å². The van der Waals surface area contributed by atoms with Gasteiger partial charge in [-0.05, 0) is 62.1 Å². The van der Waals surface area contributed by atoms with Gasteiger partial charge in [-0.3, -0.25) is 9.59 Å². The Kier molecular flexibility index (Phi) is 4.83. The highest BCUT2D eigenvalue weighted by Gasteiger charge is 2.34. The number of aryl methyl sites for hydroxylation is 2. The van der Waals surface area contributed by atoms with Crippen LogP contribution in [0.1, 0.15) is 34.3 Å². The second-order valence-electron chi connectivity index (χ2n) is 6.47. The van der Waals surface area contributed by atoms with Crippen molar-refractivity contribution in [2.45, 2.75) is 32.7 Å². The van der Waals surface area contributed by atoms with Gasteiger partial charge < -0.3 is 10.2 Å². The summed E-state index contributed by atoms with van der Waals surface area (Å²) in [7, 11) is 0. The smallest absolute Gasteiger partial charge is 0.254 e. The molecule has 1 N–H and O–H groups in total. The van der Waals surface area contributed by atoms with E-state index in [1.165, 1.54) is 23.1 Å². The van der Waals surface area contributed by atoms with E-state index >= 15 is 0 Å². The average molecular weight is 340 g/mol. The fraction of sp³-hybridized carbons (Fsp3) is 0.300. The minimum absolute atomic E-state index is 0.198. The molecule has 25 heavy (non-hydrogen) atoms. The molecule has 1 saturated heterocycles. The number of rotatable bonds is 3. The molecule has 1 heterocycles. The molecule has 1 aliphatic rings. The molecule has 130 valence electrons. The molecule has 0 saturated carbocycles. The van der Waals surface area contributed by atoms with Crippen LogP contribution in [-0.2, 0) is 4.79 Å². The molecule has 0 radical (unpaired) electrons. The van der Waals surface area contributed by atoms with Crippen molar-refractivity contribution in [2.75, 3.05) is 11.9 Å². The van der Waals surface area contributed by atoms with E-state index in [2.05, 4.69) is 5.32 Å². The van der Waals surface area contributed by atoms with Gasteiger partial charge in [0.05, 0.1) is 0 Å². The average Bonchev–Trinajstić information content (AvgIpc) is 3.07. The summed E-state index contributed by atoms with van der Waals surface area (Å²) in [5.41, 5.74) is 3.06. The van der Waals surface area contributed by atoms with Gasteiger partial charge in [-0.2, -0.15) is 0 Å². The highest BCUT2D eigenvalue weighted by atomic mass is 19.1. The van der Waals surface area contributed by atoms with E-state index in [9.17, 15) is 14.0 Å². The van der Waals surface area contributed by atoms with Crippen LogP contribution in [-0.4, -0.2) is 29.3 Å². The summed E-state index contributed by atoms with van der Waals surface area (Å²) in [6, 6.07) is 10.9. The maximum absolute atomic E-state index is 13.4. The van der Waals surface area contributed by atoms with Crippen molar-refractivity contribution in [2.24, 2.45) is 0 Å². The first kappa shape index (κ1) is 17.1. The molecule has 1 aliphatic heterocycles. The molecule has 5 heteroatoms. The summed E-state index contributed by atoms with van der Waals surface area (Å²) in [5.74, 6) is -0.962. The summed E-state index contributed by atoms with van der Waals surface area (Å²) in [4.78, 5) is 26.9. The largest absolute Gasteiger partial charge is 0.327 e. The number of nitrogens with zero attached hydrogens (tertiary/aromatic N) is 1. The summed E-state index contributed by atoms with van der Waals surface area (Å²) in [6.07, 6.45) is 1.36. The lowest BCUT2D eigenvalue weighted by molar-refractivity contribution is -0.119. The van der Waals surface area contributed by atoms with E-state index in [1.54, 1.807) is 6.07 Å². The van der Waals surface area contributed by atoms with Gasteiger partial charge in [0.1, 0.15) is 11.9 Å². The van der Waals surface area contributed by atoms with Crippen molar-refractivity contribution in [3.63, 3.8) is 0 Å². The van der Waals surface area contributed by atoms with Crippen LogP contribution < -0.4 is 5.32 Å². The van der Waals surface area contributed by atoms with Crippen LogP contribution in [0.15, 0.2) is 42.5 Å². The third-order valence-electron chi connectivity index (χ3n) is 4.54. The number of benzene rings is 2. The van der Waals surface area contributed by atoms with Gasteiger partial charge in [0.25, 0.3) is 5.91 Å². The Morgan fingerprint density at radius 3 is 2.72 bits per heavy atom. The van der Waals surface area contributed by atoms with Crippen LogP contribution >= 0.6 is 0 Å². The van der Waals surface area contributed by atoms with Crippen LogP contribution in [0.2, 0.25) is 0 Å². The van der Waals surface area contributed by atoms with Gasteiger partial charge in [0.15, 0.2) is 0 Å². The SMILES string of the molecule is Cc1ccc(C)c(NC(=O)C2CCCN2C(=O)c2cccc(F)c2)c1. The third kappa shape index (κ3) is 3.71. The standard InChI is InChI=1S/C20H21FN2O2/c1-13-8-9-14(2)17(11-13)22-19(24)18-7-4-10-23(18)20(25)15-5-3-6-16(21)12-15/h3,5-6,8-9,11-12,18H,4,7,10H2,1-2H3,(H,22,24). The van der Waals surface area contributed by atoms with Crippen molar-refractivity contribution in [3.8, 4) is 0 Å². The molecule has 2 aromatic rings. The second kappa shape index (κ2) is 7.05. The summed E-state index contributed by atoms with van der Waals surface area (Å²) in [6.45, 7) is 4.39. The van der Waals surface area contributed by atoms with Crippen molar-refractivity contribution >= 4 is 17.5 Å². The summed E-state index contributed by atoms with van der Waals surface area (Å²) >= 11 is 0. The van der Waals surface area contributed by atoms with Gasteiger partial charge in [-0.1, -0.05) is 18.2 Å².